The average Bonchev–Trinajstić information content (AvgIpc) is 2.43. The van der Waals surface area contributed by atoms with Crippen molar-refractivity contribution in [1.29, 1.82) is 0 Å². The quantitative estimate of drug-likeness (QED) is 0.555. The number of carbonyl (C=O) groups is 1. The number of carboxylic acid groups (broad SMARTS) is 1. The largest absolute Gasteiger partial charge is 0.481 e. The lowest BCUT2D eigenvalue weighted by atomic mass is 9.84. The Balaban J connectivity index is 2.43. The van der Waals surface area contributed by atoms with Crippen LogP contribution in [0.1, 0.15) is 64.7 Å². The molecule has 1 N–H and O–H groups in total. The minimum absolute atomic E-state index is 0.0515. The first-order valence-corrected chi connectivity index (χ1v) is 6.48. The zero-order valence-electron chi connectivity index (χ0n) is 9.87. The van der Waals surface area contributed by atoms with Gasteiger partial charge in [0.05, 0.1) is 5.92 Å². The van der Waals surface area contributed by atoms with Crippen molar-refractivity contribution in [1.82, 2.24) is 0 Å². The zero-order chi connectivity index (χ0) is 11.1. The average molecular weight is 212 g/mol. The van der Waals surface area contributed by atoms with E-state index in [9.17, 15) is 9.90 Å². The summed E-state index contributed by atoms with van der Waals surface area (Å²) in [4.78, 5) is 11.2. The Labute approximate surface area is 93.1 Å². The van der Waals surface area contributed by atoms with Crippen LogP contribution in [0.2, 0.25) is 0 Å². The third kappa shape index (κ3) is 4.23. The lowest BCUT2D eigenvalue weighted by Crippen LogP contribution is -2.22. The van der Waals surface area contributed by atoms with Gasteiger partial charge in [0.25, 0.3) is 0 Å². The maximum Gasteiger partial charge on any atom is 0.306 e. The third-order valence-corrected chi connectivity index (χ3v) is 3.65. The topological polar surface area (TPSA) is 37.3 Å². The second-order valence-electron chi connectivity index (χ2n) is 4.84. The van der Waals surface area contributed by atoms with Crippen LogP contribution in [0.25, 0.3) is 0 Å². The number of rotatable bonds is 5. The van der Waals surface area contributed by atoms with Crippen LogP contribution in [0.15, 0.2) is 0 Å². The van der Waals surface area contributed by atoms with E-state index in [1.165, 1.54) is 32.1 Å². The van der Waals surface area contributed by atoms with E-state index >= 15 is 0 Å². The summed E-state index contributed by atoms with van der Waals surface area (Å²) in [7, 11) is 0. The Hall–Kier alpha value is -0.530. The molecule has 1 rings (SSSR count). The van der Waals surface area contributed by atoms with E-state index in [4.69, 9.17) is 0 Å². The smallest absolute Gasteiger partial charge is 0.306 e. The minimum Gasteiger partial charge on any atom is -0.481 e. The molecule has 0 spiro atoms. The molecule has 0 aromatic heterocycles. The van der Waals surface area contributed by atoms with Gasteiger partial charge in [-0.05, 0) is 25.2 Å². The third-order valence-electron chi connectivity index (χ3n) is 3.65. The molecule has 88 valence electrons. The van der Waals surface area contributed by atoms with Gasteiger partial charge < -0.3 is 5.11 Å². The molecular formula is C13H24O2. The molecule has 1 aliphatic rings. The van der Waals surface area contributed by atoms with Gasteiger partial charge in [0.2, 0.25) is 0 Å². The number of carboxylic acids is 1. The highest BCUT2D eigenvalue weighted by Crippen LogP contribution is 2.32. The van der Waals surface area contributed by atoms with Crippen LogP contribution in [0.3, 0.4) is 0 Å². The molecule has 0 bridgehead atoms. The van der Waals surface area contributed by atoms with Crippen LogP contribution < -0.4 is 0 Å². The predicted octanol–water partition coefficient (Wildman–Crippen LogP) is 3.85. The van der Waals surface area contributed by atoms with Crippen molar-refractivity contribution in [3.8, 4) is 0 Å². The van der Waals surface area contributed by atoms with Crippen molar-refractivity contribution >= 4 is 5.97 Å². The van der Waals surface area contributed by atoms with E-state index in [-0.39, 0.29) is 5.92 Å². The molecule has 1 aliphatic carbocycles. The van der Waals surface area contributed by atoms with Crippen LogP contribution in [0.5, 0.6) is 0 Å². The van der Waals surface area contributed by atoms with Gasteiger partial charge >= 0.3 is 5.97 Å². The van der Waals surface area contributed by atoms with Crippen molar-refractivity contribution in [3.05, 3.63) is 0 Å². The SMILES string of the molecule is CCCCCC1CCCCCC1C(=O)O. The molecule has 0 aromatic rings. The lowest BCUT2D eigenvalue weighted by molar-refractivity contribution is -0.144. The van der Waals surface area contributed by atoms with E-state index in [0.717, 1.165) is 25.7 Å². The van der Waals surface area contributed by atoms with Crippen LogP contribution in [-0.2, 0) is 4.79 Å². The molecule has 0 amide bonds. The molecule has 0 radical (unpaired) electrons. The molecule has 1 fully saturated rings. The predicted molar refractivity (Wildman–Crippen MR) is 61.8 cm³/mol. The highest BCUT2D eigenvalue weighted by Gasteiger charge is 2.28. The van der Waals surface area contributed by atoms with Gasteiger partial charge in [0.1, 0.15) is 0 Å². The first-order chi connectivity index (χ1) is 7.25. The van der Waals surface area contributed by atoms with Gasteiger partial charge in [-0.1, -0.05) is 45.4 Å². The number of unbranched alkanes of at least 4 members (excludes halogenated alkanes) is 2. The first kappa shape index (κ1) is 12.5. The van der Waals surface area contributed by atoms with Gasteiger partial charge in [-0.15, -0.1) is 0 Å². The summed E-state index contributed by atoms with van der Waals surface area (Å²) < 4.78 is 0. The van der Waals surface area contributed by atoms with Gasteiger partial charge in [-0.2, -0.15) is 0 Å². The summed E-state index contributed by atoms with van der Waals surface area (Å²) in [5, 5.41) is 9.19. The zero-order valence-corrected chi connectivity index (χ0v) is 9.87. The molecule has 2 atom stereocenters. The lowest BCUT2D eigenvalue weighted by Gasteiger charge is -2.21. The van der Waals surface area contributed by atoms with Gasteiger partial charge in [-0.3, -0.25) is 4.79 Å². The van der Waals surface area contributed by atoms with Crippen molar-refractivity contribution in [2.24, 2.45) is 11.8 Å². The molecular weight excluding hydrogens is 188 g/mol. The van der Waals surface area contributed by atoms with E-state index in [2.05, 4.69) is 6.92 Å². The van der Waals surface area contributed by atoms with Crippen molar-refractivity contribution in [2.75, 3.05) is 0 Å². The van der Waals surface area contributed by atoms with E-state index in [0.29, 0.717) is 5.92 Å². The fourth-order valence-electron chi connectivity index (χ4n) is 2.71. The number of aliphatic carboxylic acids is 1. The van der Waals surface area contributed by atoms with E-state index in [1.54, 1.807) is 0 Å². The van der Waals surface area contributed by atoms with Crippen LogP contribution in [0.4, 0.5) is 0 Å². The van der Waals surface area contributed by atoms with E-state index in [1.807, 2.05) is 0 Å². The van der Waals surface area contributed by atoms with Gasteiger partial charge in [0, 0.05) is 0 Å². The Morgan fingerprint density at radius 3 is 2.60 bits per heavy atom. The summed E-state index contributed by atoms with van der Waals surface area (Å²) in [5.41, 5.74) is 0. The molecule has 2 nitrogen and oxygen atoms in total. The fourth-order valence-corrected chi connectivity index (χ4v) is 2.71. The number of hydrogen-bond acceptors (Lipinski definition) is 1. The summed E-state index contributed by atoms with van der Waals surface area (Å²) >= 11 is 0. The Morgan fingerprint density at radius 1 is 1.20 bits per heavy atom. The van der Waals surface area contributed by atoms with Crippen LogP contribution in [-0.4, -0.2) is 11.1 Å². The van der Waals surface area contributed by atoms with Crippen molar-refractivity contribution < 1.29 is 9.90 Å². The maximum atomic E-state index is 11.2. The fraction of sp³-hybridized carbons (Fsp3) is 0.923. The highest BCUT2D eigenvalue weighted by atomic mass is 16.4. The Kier molecular flexibility index (Phi) is 5.74. The second kappa shape index (κ2) is 6.86. The standard InChI is InChI=1S/C13H24O2/c1-2-3-5-8-11-9-6-4-7-10-12(11)13(14)15/h11-12H,2-10H2,1H3,(H,14,15). The Bertz CT molecular complexity index is 189. The van der Waals surface area contributed by atoms with E-state index < -0.39 is 5.97 Å². The molecule has 1 saturated carbocycles. The Morgan fingerprint density at radius 2 is 1.93 bits per heavy atom. The summed E-state index contributed by atoms with van der Waals surface area (Å²) in [6, 6.07) is 0. The van der Waals surface area contributed by atoms with Crippen molar-refractivity contribution in [2.45, 2.75) is 64.7 Å². The molecule has 2 unspecified atom stereocenters. The molecule has 15 heavy (non-hydrogen) atoms. The molecule has 0 heterocycles. The summed E-state index contributed by atoms with van der Waals surface area (Å²) in [6.07, 6.45) is 10.5. The summed E-state index contributed by atoms with van der Waals surface area (Å²) in [5.74, 6) is -0.153. The van der Waals surface area contributed by atoms with Crippen LogP contribution >= 0.6 is 0 Å². The van der Waals surface area contributed by atoms with Crippen LogP contribution in [0, 0.1) is 11.8 Å². The van der Waals surface area contributed by atoms with Gasteiger partial charge in [-0.25, -0.2) is 0 Å². The molecule has 0 aromatic carbocycles. The van der Waals surface area contributed by atoms with Gasteiger partial charge in [0.15, 0.2) is 0 Å². The van der Waals surface area contributed by atoms with Crippen molar-refractivity contribution in [3.63, 3.8) is 0 Å². The monoisotopic (exact) mass is 212 g/mol. The first-order valence-electron chi connectivity index (χ1n) is 6.48. The molecule has 0 saturated heterocycles. The summed E-state index contributed by atoms with van der Waals surface area (Å²) in [6.45, 7) is 2.20. The maximum absolute atomic E-state index is 11.2. The number of hydrogen-bond donors (Lipinski definition) is 1. The molecule has 0 aliphatic heterocycles. The molecule has 2 heteroatoms. The minimum atomic E-state index is -0.557. The highest BCUT2D eigenvalue weighted by molar-refractivity contribution is 5.70. The second-order valence-corrected chi connectivity index (χ2v) is 4.84. The normalized spacial score (nSPS) is 27.3.